The number of hydrazine groups is 1. The van der Waals surface area contributed by atoms with Crippen molar-refractivity contribution in [2.75, 3.05) is 26.3 Å². The zero-order chi connectivity index (χ0) is 27.2. The van der Waals surface area contributed by atoms with Crippen molar-refractivity contribution in [3.05, 3.63) is 71.5 Å². The molecule has 10 heteroatoms. The first-order chi connectivity index (χ1) is 18.3. The van der Waals surface area contributed by atoms with Crippen LogP contribution in [0.3, 0.4) is 0 Å². The van der Waals surface area contributed by atoms with Crippen LogP contribution in [-0.2, 0) is 27.3 Å². The summed E-state index contributed by atoms with van der Waals surface area (Å²) >= 11 is 0. The first-order valence-electron chi connectivity index (χ1n) is 13.2. The van der Waals surface area contributed by atoms with Gasteiger partial charge in [-0.15, -0.1) is 0 Å². The Balaban J connectivity index is 1.47. The second-order valence-electron chi connectivity index (χ2n) is 10.3. The van der Waals surface area contributed by atoms with Crippen molar-refractivity contribution in [3.63, 3.8) is 0 Å². The van der Waals surface area contributed by atoms with Crippen LogP contribution in [0.1, 0.15) is 30.9 Å². The third kappa shape index (κ3) is 6.56. The first kappa shape index (κ1) is 27.7. The summed E-state index contributed by atoms with van der Waals surface area (Å²) in [6, 6.07) is 15.1. The molecular weight excluding hydrogens is 487 g/mol. The molecule has 4 atom stereocenters. The maximum absolute atomic E-state index is 13.5. The van der Waals surface area contributed by atoms with E-state index in [0.717, 1.165) is 11.1 Å². The fourth-order valence-electron chi connectivity index (χ4n) is 5.34. The predicted octanol–water partition coefficient (Wildman–Crippen LogP) is 1.23. The van der Waals surface area contributed by atoms with E-state index in [-0.39, 0.29) is 49.3 Å². The molecule has 0 bridgehead atoms. The number of likely N-dealkylation sites (tertiary alicyclic amines) is 1. The Morgan fingerprint density at radius 3 is 2.45 bits per heavy atom. The molecule has 4 unspecified atom stereocenters. The number of hydrogen-bond donors (Lipinski definition) is 3. The summed E-state index contributed by atoms with van der Waals surface area (Å²) in [4.78, 5) is 43.8. The van der Waals surface area contributed by atoms with E-state index < -0.39 is 17.9 Å². The van der Waals surface area contributed by atoms with Crippen molar-refractivity contribution in [1.29, 1.82) is 0 Å². The summed E-state index contributed by atoms with van der Waals surface area (Å²) in [5, 5.41) is 1.35. The maximum atomic E-state index is 13.5. The van der Waals surface area contributed by atoms with Crippen LogP contribution in [0.2, 0.25) is 0 Å². The predicted molar refractivity (Wildman–Crippen MR) is 141 cm³/mol. The summed E-state index contributed by atoms with van der Waals surface area (Å²) in [6.45, 7) is 3.52. The number of carbonyl (C=O) groups excluding carboxylic acids is 3. The maximum Gasteiger partial charge on any atom is 0.259 e. The van der Waals surface area contributed by atoms with Crippen molar-refractivity contribution in [2.45, 2.75) is 44.8 Å². The van der Waals surface area contributed by atoms with Gasteiger partial charge in [-0.1, -0.05) is 42.5 Å². The van der Waals surface area contributed by atoms with Crippen LogP contribution < -0.4 is 16.9 Å². The number of amides is 3. The van der Waals surface area contributed by atoms with Gasteiger partial charge in [0.05, 0.1) is 24.5 Å². The third-order valence-electron chi connectivity index (χ3n) is 7.23. The van der Waals surface area contributed by atoms with Gasteiger partial charge in [-0.2, -0.15) is 0 Å². The molecule has 9 nitrogen and oxygen atoms in total. The molecule has 204 valence electrons. The van der Waals surface area contributed by atoms with Gasteiger partial charge in [0.1, 0.15) is 5.82 Å². The topological polar surface area (TPSA) is 125 Å². The molecule has 2 fully saturated rings. The van der Waals surface area contributed by atoms with Crippen LogP contribution in [0, 0.1) is 17.7 Å². The van der Waals surface area contributed by atoms with Crippen LogP contribution in [0.25, 0.3) is 0 Å². The summed E-state index contributed by atoms with van der Waals surface area (Å²) < 4.78 is 13.3. The second-order valence-corrected chi connectivity index (χ2v) is 10.3. The van der Waals surface area contributed by atoms with Crippen LogP contribution in [-0.4, -0.2) is 70.9 Å². The number of nitrogens with zero attached hydrogens (tertiary/aromatic N) is 3. The Morgan fingerprint density at radius 2 is 1.79 bits per heavy atom. The molecule has 2 aliphatic rings. The molecule has 2 heterocycles. The molecule has 3 amide bonds. The monoisotopic (exact) mass is 524 g/mol. The summed E-state index contributed by atoms with van der Waals surface area (Å²) in [6.07, 6.45) is 1.59. The molecule has 0 aliphatic carbocycles. The fourth-order valence-corrected chi connectivity index (χ4v) is 5.34. The number of rotatable bonds is 11. The molecule has 2 aromatic rings. The van der Waals surface area contributed by atoms with Gasteiger partial charge in [0.2, 0.25) is 11.8 Å². The van der Waals surface area contributed by atoms with Crippen molar-refractivity contribution in [1.82, 2.24) is 20.2 Å². The zero-order valence-electron chi connectivity index (χ0n) is 21.8. The van der Waals surface area contributed by atoms with Crippen molar-refractivity contribution in [3.8, 4) is 0 Å². The van der Waals surface area contributed by atoms with Crippen LogP contribution in [0.5, 0.6) is 0 Å². The molecule has 38 heavy (non-hydrogen) atoms. The number of carbonyl (C=O) groups is 3. The van der Waals surface area contributed by atoms with Gasteiger partial charge in [0.25, 0.3) is 5.91 Å². The molecule has 2 saturated heterocycles. The summed E-state index contributed by atoms with van der Waals surface area (Å²) in [7, 11) is 0. The largest absolute Gasteiger partial charge is 0.337 e. The minimum Gasteiger partial charge on any atom is -0.337 e. The Bertz CT molecular complexity index is 1110. The Labute approximate surface area is 222 Å². The first-order valence-corrected chi connectivity index (χ1v) is 13.2. The number of nitrogens with two attached hydrogens (primary N) is 2. The molecule has 5 N–H and O–H groups in total. The number of hydrogen-bond acceptors (Lipinski definition) is 6. The lowest BCUT2D eigenvalue weighted by molar-refractivity contribution is -0.141. The SMILES string of the molecule is CC(N)CN1CN(NC(=O)C2CN(Cc3ccc(F)cc3)C(=O)C2CCCN)C(=O)C1Cc1ccccc1. The molecule has 2 aromatic carbocycles. The van der Waals surface area contributed by atoms with Gasteiger partial charge in [-0.3, -0.25) is 24.7 Å². The van der Waals surface area contributed by atoms with E-state index in [1.165, 1.54) is 17.1 Å². The van der Waals surface area contributed by atoms with Crippen LogP contribution in [0.4, 0.5) is 4.39 Å². The van der Waals surface area contributed by atoms with E-state index in [4.69, 9.17) is 11.5 Å². The molecular formula is C28H37FN6O3. The molecule has 0 radical (unpaired) electrons. The van der Waals surface area contributed by atoms with E-state index in [1.807, 2.05) is 42.2 Å². The lowest BCUT2D eigenvalue weighted by Crippen LogP contribution is -2.48. The fraction of sp³-hybridized carbons (Fsp3) is 0.464. The van der Waals surface area contributed by atoms with Crippen LogP contribution >= 0.6 is 0 Å². The van der Waals surface area contributed by atoms with E-state index in [9.17, 15) is 18.8 Å². The lowest BCUT2D eigenvalue weighted by Gasteiger charge is -2.24. The number of benzene rings is 2. The van der Waals surface area contributed by atoms with E-state index >= 15 is 0 Å². The minimum absolute atomic E-state index is 0.129. The molecule has 0 saturated carbocycles. The van der Waals surface area contributed by atoms with Gasteiger partial charge in [-0.05, 0) is 56.0 Å². The second kappa shape index (κ2) is 12.5. The Kier molecular flexibility index (Phi) is 9.09. The summed E-state index contributed by atoms with van der Waals surface area (Å²) in [5.74, 6) is -2.20. The third-order valence-corrected chi connectivity index (χ3v) is 7.23. The molecule has 2 aliphatic heterocycles. The smallest absolute Gasteiger partial charge is 0.259 e. The average Bonchev–Trinajstić information content (AvgIpc) is 3.35. The zero-order valence-corrected chi connectivity index (χ0v) is 21.8. The van der Waals surface area contributed by atoms with Crippen molar-refractivity contribution >= 4 is 17.7 Å². The Morgan fingerprint density at radius 1 is 1.08 bits per heavy atom. The van der Waals surface area contributed by atoms with Gasteiger partial charge in [0.15, 0.2) is 0 Å². The number of nitrogens with one attached hydrogen (secondary N) is 1. The normalized spacial score (nSPS) is 22.8. The molecule has 0 spiro atoms. The van der Waals surface area contributed by atoms with E-state index in [2.05, 4.69) is 5.43 Å². The highest BCUT2D eigenvalue weighted by molar-refractivity contribution is 5.93. The highest BCUT2D eigenvalue weighted by atomic mass is 19.1. The van der Waals surface area contributed by atoms with Gasteiger partial charge in [-0.25, -0.2) is 9.40 Å². The van der Waals surface area contributed by atoms with Gasteiger partial charge < -0.3 is 16.4 Å². The van der Waals surface area contributed by atoms with Crippen LogP contribution in [0.15, 0.2) is 54.6 Å². The minimum atomic E-state index is -0.627. The highest BCUT2D eigenvalue weighted by Gasteiger charge is 2.46. The average molecular weight is 525 g/mol. The standard InChI is InChI=1S/C28H37FN6O3/c1-19(31)15-34-18-35(28(38)25(34)14-20-6-3-2-4-7-20)32-26(36)24-17-33(27(37)23(24)8-5-13-30)16-21-9-11-22(29)12-10-21/h2-4,6-7,9-12,19,23-25H,5,8,13-18,30-31H2,1H3,(H,32,36). The highest BCUT2D eigenvalue weighted by Crippen LogP contribution is 2.31. The molecule has 4 rings (SSSR count). The number of halogens is 1. The van der Waals surface area contributed by atoms with Crippen molar-refractivity contribution in [2.24, 2.45) is 23.3 Å². The molecule has 0 aromatic heterocycles. The lowest BCUT2D eigenvalue weighted by atomic mass is 9.90. The van der Waals surface area contributed by atoms with Gasteiger partial charge in [0, 0.05) is 25.7 Å². The van der Waals surface area contributed by atoms with Crippen molar-refractivity contribution < 1.29 is 18.8 Å². The summed E-state index contributed by atoms with van der Waals surface area (Å²) in [5.41, 5.74) is 16.4. The van der Waals surface area contributed by atoms with E-state index in [0.29, 0.717) is 32.4 Å². The van der Waals surface area contributed by atoms with Gasteiger partial charge >= 0.3 is 0 Å². The quantitative estimate of drug-likeness (QED) is 0.406. The Hall–Kier alpha value is -3.34. The van der Waals surface area contributed by atoms with E-state index in [1.54, 1.807) is 17.0 Å².